The monoisotopic (exact) mass is 488 g/mol. The standard InChI is InChI=1S/C26H28N6O4/c1-5-35-25(33)23-17(3)31(29-27-23)15-19-7-11-21(12-8-19)22-13-9-20(10-14-22)16-32-18(4)24(28-30-32)26(34)36-6-2/h7-14H,5-6,15-16H2,1-4H3. The Balaban J connectivity index is 1.41. The van der Waals surface area contributed by atoms with Crippen LogP contribution < -0.4 is 0 Å². The van der Waals surface area contributed by atoms with Crippen LogP contribution in [0.4, 0.5) is 0 Å². The number of aromatic nitrogens is 6. The van der Waals surface area contributed by atoms with Gasteiger partial charge in [0.05, 0.1) is 37.7 Å². The summed E-state index contributed by atoms with van der Waals surface area (Å²) in [4.78, 5) is 23.9. The van der Waals surface area contributed by atoms with Crippen molar-refractivity contribution < 1.29 is 19.1 Å². The van der Waals surface area contributed by atoms with Crippen molar-refractivity contribution in [2.45, 2.75) is 40.8 Å². The van der Waals surface area contributed by atoms with Crippen molar-refractivity contribution in [2.24, 2.45) is 0 Å². The zero-order valence-electron chi connectivity index (χ0n) is 20.8. The van der Waals surface area contributed by atoms with E-state index in [1.165, 1.54) is 0 Å². The van der Waals surface area contributed by atoms with Crippen molar-refractivity contribution in [3.8, 4) is 11.1 Å². The topological polar surface area (TPSA) is 114 Å². The highest BCUT2D eigenvalue weighted by molar-refractivity contribution is 5.88. The molecule has 0 N–H and O–H groups in total. The van der Waals surface area contributed by atoms with Gasteiger partial charge < -0.3 is 9.47 Å². The molecule has 0 spiro atoms. The molecular weight excluding hydrogens is 460 g/mol. The van der Waals surface area contributed by atoms with E-state index in [9.17, 15) is 9.59 Å². The third kappa shape index (κ3) is 5.32. The van der Waals surface area contributed by atoms with E-state index in [1.807, 2.05) is 24.3 Å². The Morgan fingerprint density at radius 2 is 1.03 bits per heavy atom. The highest BCUT2D eigenvalue weighted by atomic mass is 16.5. The Hall–Kier alpha value is -4.34. The van der Waals surface area contributed by atoms with Gasteiger partial charge >= 0.3 is 11.9 Å². The predicted molar refractivity (Wildman–Crippen MR) is 132 cm³/mol. The number of hydrogen-bond acceptors (Lipinski definition) is 8. The first-order valence-corrected chi connectivity index (χ1v) is 11.7. The van der Waals surface area contributed by atoms with Crippen LogP contribution in [0, 0.1) is 13.8 Å². The van der Waals surface area contributed by atoms with Gasteiger partial charge in [0.1, 0.15) is 0 Å². The molecule has 10 heteroatoms. The Bertz CT molecular complexity index is 1250. The Morgan fingerprint density at radius 3 is 1.36 bits per heavy atom. The fourth-order valence-electron chi connectivity index (χ4n) is 3.75. The molecule has 0 unspecified atom stereocenters. The third-order valence-electron chi connectivity index (χ3n) is 5.81. The average molecular weight is 489 g/mol. The second kappa shape index (κ2) is 10.9. The Kier molecular flexibility index (Phi) is 7.53. The van der Waals surface area contributed by atoms with Crippen molar-refractivity contribution in [3.63, 3.8) is 0 Å². The van der Waals surface area contributed by atoms with E-state index in [4.69, 9.17) is 9.47 Å². The Labute approximate surface area is 208 Å². The molecule has 186 valence electrons. The normalized spacial score (nSPS) is 10.9. The van der Waals surface area contributed by atoms with E-state index in [1.54, 1.807) is 37.1 Å². The largest absolute Gasteiger partial charge is 0.461 e. The van der Waals surface area contributed by atoms with E-state index in [0.717, 1.165) is 22.3 Å². The smallest absolute Gasteiger partial charge is 0.360 e. The van der Waals surface area contributed by atoms with E-state index in [2.05, 4.69) is 44.9 Å². The van der Waals surface area contributed by atoms with E-state index >= 15 is 0 Å². The van der Waals surface area contributed by atoms with E-state index in [0.29, 0.717) is 37.7 Å². The molecule has 2 aromatic carbocycles. The molecule has 0 saturated heterocycles. The maximum Gasteiger partial charge on any atom is 0.360 e. The molecule has 0 saturated carbocycles. The minimum atomic E-state index is -0.460. The lowest BCUT2D eigenvalue weighted by Gasteiger charge is -2.08. The van der Waals surface area contributed by atoms with Crippen LogP contribution in [0.5, 0.6) is 0 Å². The second-order valence-corrected chi connectivity index (χ2v) is 8.20. The minimum absolute atomic E-state index is 0.242. The summed E-state index contributed by atoms with van der Waals surface area (Å²) < 4.78 is 13.4. The maximum atomic E-state index is 12.0. The van der Waals surface area contributed by atoms with Crippen molar-refractivity contribution in [1.29, 1.82) is 0 Å². The number of ether oxygens (including phenoxy) is 2. The first-order chi connectivity index (χ1) is 17.4. The summed E-state index contributed by atoms with van der Waals surface area (Å²) in [5.74, 6) is -0.920. The second-order valence-electron chi connectivity index (χ2n) is 8.20. The quantitative estimate of drug-likeness (QED) is 0.328. The molecule has 4 rings (SSSR count). The lowest BCUT2D eigenvalue weighted by Crippen LogP contribution is -2.09. The number of nitrogens with zero attached hydrogens (tertiary/aromatic N) is 6. The van der Waals surface area contributed by atoms with Crippen LogP contribution in [0.2, 0.25) is 0 Å². The summed E-state index contributed by atoms with van der Waals surface area (Å²) in [5.41, 5.74) is 6.06. The van der Waals surface area contributed by atoms with Gasteiger partial charge in [0.15, 0.2) is 11.4 Å². The molecule has 0 amide bonds. The number of benzene rings is 2. The number of carbonyl (C=O) groups is 2. The minimum Gasteiger partial charge on any atom is -0.461 e. The molecule has 0 aliphatic rings. The lowest BCUT2D eigenvalue weighted by molar-refractivity contribution is 0.0509. The van der Waals surface area contributed by atoms with E-state index in [-0.39, 0.29) is 11.4 Å². The first kappa shape index (κ1) is 24.8. The summed E-state index contributed by atoms with van der Waals surface area (Å²) in [6.07, 6.45) is 0. The van der Waals surface area contributed by atoms with Crippen LogP contribution in [-0.4, -0.2) is 55.1 Å². The molecule has 0 aliphatic heterocycles. The molecule has 0 bridgehead atoms. The predicted octanol–water partition coefficient (Wildman–Crippen LogP) is 3.60. The van der Waals surface area contributed by atoms with Gasteiger partial charge in [-0.25, -0.2) is 19.0 Å². The molecule has 10 nitrogen and oxygen atoms in total. The van der Waals surface area contributed by atoms with Gasteiger partial charge in [0.2, 0.25) is 0 Å². The highest BCUT2D eigenvalue weighted by Crippen LogP contribution is 2.22. The summed E-state index contributed by atoms with van der Waals surface area (Å²) in [5, 5.41) is 16.1. The molecule has 0 atom stereocenters. The summed E-state index contributed by atoms with van der Waals surface area (Å²) in [6.45, 7) is 8.72. The molecular formula is C26H28N6O4. The van der Waals surface area contributed by atoms with Crippen LogP contribution >= 0.6 is 0 Å². The number of rotatable bonds is 9. The van der Waals surface area contributed by atoms with Crippen LogP contribution in [-0.2, 0) is 22.6 Å². The van der Waals surface area contributed by atoms with Gasteiger partial charge in [0, 0.05) is 0 Å². The molecule has 2 aromatic heterocycles. The van der Waals surface area contributed by atoms with Gasteiger partial charge in [0.25, 0.3) is 0 Å². The summed E-state index contributed by atoms with van der Waals surface area (Å²) in [7, 11) is 0. The summed E-state index contributed by atoms with van der Waals surface area (Å²) in [6, 6.07) is 16.3. The number of hydrogen-bond donors (Lipinski definition) is 0. The van der Waals surface area contributed by atoms with Crippen LogP contribution in [0.25, 0.3) is 11.1 Å². The molecule has 0 aliphatic carbocycles. The summed E-state index contributed by atoms with van der Waals surface area (Å²) >= 11 is 0. The van der Waals surface area contributed by atoms with E-state index < -0.39 is 11.9 Å². The van der Waals surface area contributed by atoms with Crippen molar-refractivity contribution in [1.82, 2.24) is 30.0 Å². The number of esters is 2. The maximum absolute atomic E-state index is 12.0. The van der Waals surface area contributed by atoms with Gasteiger partial charge in [-0.05, 0) is 49.9 Å². The SMILES string of the molecule is CCOC(=O)c1nnn(Cc2ccc(-c3ccc(Cn4nnc(C(=O)OCC)c4C)cc3)cc2)c1C. The fraction of sp³-hybridized carbons (Fsp3) is 0.308. The van der Waals surface area contributed by atoms with Crippen molar-refractivity contribution >= 4 is 11.9 Å². The first-order valence-electron chi connectivity index (χ1n) is 11.7. The van der Waals surface area contributed by atoms with Gasteiger partial charge in [-0.2, -0.15) is 0 Å². The van der Waals surface area contributed by atoms with Crippen LogP contribution in [0.3, 0.4) is 0 Å². The van der Waals surface area contributed by atoms with Gasteiger partial charge in [-0.1, -0.05) is 59.0 Å². The molecule has 36 heavy (non-hydrogen) atoms. The number of carbonyl (C=O) groups excluding carboxylic acids is 2. The van der Waals surface area contributed by atoms with Crippen LogP contribution in [0.1, 0.15) is 57.3 Å². The van der Waals surface area contributed by atoms with Crippen LogP contribution in [0.15, 0.2) is 48.5 Å². The van der Waals surface area contributed by atoms with Gasteiger partial charge in [-0.15, -0.1) is 10.2 Å². The fourth-order valence-corrected chi connectivity index (χ4v) is 3.75. The van der Waals surface area contributed by atoms with Gasteiger partial charge in [-0.3, -0.25) is 0 Å². The molecule has 4 aromatic rings. The average Bonchev–Trinajstić information content (AvgIpc) is 3.42. The third-order valence-corrected chi connectivity index (χ3v) is 5.81. The lowest BCUT2D eigenvalue weighted by atomic mass is 10.0. The molecule has 0 radical (unpaired) electrons. The van der Waals surface area contributed by atoms with Crippen molar-refractivity contribution in [2.75, 3.05) is 13.2 Å². The Morgan fingerprint density at radius 1 is 0.667 bits per heavy atom. The van der Waals surface area contributed by atoms with Crippen molar-refractivity contribution in [3.05, 3.63) is 82.4 Å². The molecule has 0 fully saturated rings. The zero-order valence-corrected chi connectivity index (χ0v) is 20.8. The molecule has 2 heterocycles. The zero-order chi connectivity index (χ0) is 25.7. The highest BCUT2D eigenvalue weighted by Gasteiger charge is 2.18.